The Morgan fingerprint density at radius 3 is 1.75 bits per heavy atom. The first-order valence-electron chi connectivity index (χ1n) is 7.10. The topological polar surface area (TPSA) is 29.5 Å². The molecule has 0 aliphatic rings. The summed E-state index contributed by atoms with van der Waals surface area (Å²) in [5.74, 6) is 0. The van der Waals surface area contributed by atoms with Gasteiger partial charge in [-0.05, 0) is 19.3 Å². The highest BCUT2D eigenvalue weighted by atomic mass is 16.5. The molecule has 0 aliphatic carbocycles. The molecule has 98 valence electrons. The van der Waals surface area contributed by atoms with Crippen molar-refractivity contribution in [2.24, 2.45) is 0 Å². The highest BCUT2D eigenvalue weighted by Gasteiger charge is 1.92. The van der Waals surface area contributed by atoms with Gasteiger partial charge in [0.05, 0.1) is 0 Å². The van der Waals surface area contributed by atoms with Crippen LogP contribution in [0.2, 0.25) is 0 Å². The molecule has 1 N–H and O–H groups in total. The molecule has 0 aromatic rings. The van der Waals surface area contributed by atoms with E-state index in [2.05, 4.69) is 6.92 Å². The molecule has 0 rings (SSSR count). The Hall–Kier alpha value is -0.0800. The van der Waals surface area contributed by atoms with Gasteiger partial charge in [-0.3, -0.25) is 0 Å². The minimum absolute atomic E-state index is 0.356. The van der Waals surface area contributed by atoms with Crippen LogP contribution in [-0.4, -0.2) is 24.9 Å². The summed E-state index contributed by atoms with van der Waals surface area (Å²) in [6.45, 7) is 4.44. The van der Waals surface area contributed by atoms with Crippen LogP contribution in [-0.2, 0) is 4.74 Å². The number of hydrogen-bond acceptors (Lipinski definition) is 2. The average Bonchev–Trinajstić information content (AvgIpc) is 2.31. The van der Waals surface area contributed by atoms with Crippen LogP contribution < -0.4 is 0 Å². The first-order chi connectivity index (χ1) is 7.91. The number of rotatable bonds is 13. The van der Waals surface area contributed by atoms with Gasteiger partial charge in [0.25, 0.3) is 0 Å². The highest BCUT2D eigenvalue weighted by Crippen LogP contribution is 2.08. The zero-order chi connectivity index (χ0) is 11.9. The van der Waals surface area contributed by atoms with E-state index in [9.17, 15) is 0 Å². The van der Waals surface area contributed by atoms with Crippen molar-refractivity contribution >= 4 is 0 Å². The van der Waals surface area contributed by atoms with Gasteiger partial charge >= 0.3 is 0 Å². The third kappa shape index (κ3) is 13.9. The molecule has 0 radical (unpaired) electrons. The highest BCUT2D eigenvalue weighted by molar-refractivity contribution is 4.46. The third-order valence-corrected chi connectivity index (χ3v) is 2.84. The molecule has 0 aliphatic heterocycles. The van der Waals surface area contributed by atoms with Crippen LogP contribution in [0, 0.1) is 0 Å². The predicted octanol–water partition coefficient (Wildman–Crippen LogP) is 3.92. The normalized spacial score (nSPS) is 10.9. The van der Waals surface area contributed by atoms with Crippen LogP contribution in [0.3, 0.4) is 0 Å². The Bertz CT molecular complexity index is 101. The molecule has 0 saturated carbocycles. The standard InChI is InChI=1S/C14H30O2/c1-2-3-13-16-14-11-9-7-5-4-6-8-10-12-15/h15H,2-14H2,1H3. The summed E-state index contributed by atoms with van der Waals surface area (Å²) in [5.41, 5.74) is 0. The first kappa shape index (κ1) is 15.9. The van der Waals surface area contributed by atoms with Gasteiger partial charge in [0.15, 0.2) is 0 Å². The second kappa shape index (κ2) is 14.9. The molecule has 0 saturated heterocycles. The van der Waals surface area contributed by atoms with E-state index in [4.69, 9.17) is 9.84 Å². The number of aliphatic hydroxyl groups excluding tert-OH is 1. The molecular weight excluding hydrogens is 200 g/mol. The van der Waals surface area contributed by atoms with Gasteiger partial charge in [-0.1, -0.05) is 51.9 Å². The Morgan fingerprint density at radius 1 is 0.688 bits per heavy atom. The fraction of sp³-hybridized carbons (Fsp3) is 1.00. The van der Waals surface area contributed by atoms with Crippen molar-refractivity contribution in [2.45, 2.75) is 71.1 Å². The second-order valence-corrected chi connectivity index (χ2v) is 4.52. The summed E-state index contributed by atoms with van der Waals surface area (Å²) in [6.07, 6.45) is 12.4. The summed E-state index contributed by atoms with van der Waals surface area (Å²) >= 11 is 0. The zero-order valence-corrected chi connectivity index (χ0v) is 11.0. The maximum absolute atomic E-state index is 8.61. The van der Waals surface area contributed by atoms with E-state index in [-0.39, 0.29) is 0 Å². The largest absolute Gasteiger partial charge is 0.396 e. The van der Waals surface area contributed by atoms with Gasteiger partial charge in [0, 0.05) is 19.8 Å². The molecule has 0 aromatic carbocycles. The fourth-order valence-electron chi connectivity index (χ4n) is 1.73. The molecule has 0 fully saturated rings. The molecule has 2 heteroatoms. The van der Waals surface area contributed by atoms with Gasteiger partial charge in [0.2, 0.25) is 0 Å². The summed E-state index contributed by atoms with van der Waals surface area (Å²) in [6, 6.07) is 0. The van der Waals surface area contributed by atoms with E-state index in [1.54, 1.807) is 0 Å². The van der Waals surface area contributed by atoms with E-state index in [0.29, 0.717) is 6.61 Å². The van der Waals surface area contributed by atoms with Crippen molar-refractivity contribution in [3.63, 3.8) is 0 Å². The summed E-state index contributed by atoms with van der Waals surface area (Å²) in [4.78, 5) is 0. The third-order valence-electron chi connectivity index (χ3n) is 2.84. The van der Waals surface area contributed by atoms with E-state index in [1.165, 1.54) is 57.8 Å². The molecule has 0 bridgehead atoms. The number of hydrogen-bond donors (Lipinski definition) is 1. The van der Waals surface area contributed by atoms with Crippen LogP contribution in [0.5, 0.6) is 0 Å². The smallest absolute Gasteiger partial charge is 0.0466 e. The molecule has 0 atom stereocenters. The lowest BCUT2D eigenvalue weighted by molar-refractivity contribution is 0.127. The van der Waals surface area contributed by atoms with Gasteiger partial charge in [0.1, 0.15) is 0 Å². The van der Waals surface area contributed by atoms with Crippen LogP contribution in [0.4, 0.5) is 0 Å². The second-order valence-electron chi connectivity index (χ2n) is 4.52. The zero-order valence-electron chi connectivity index (χ0n) is 11.0. The van der Waals surface area contributed by atoms with E-state index < -0.39 is 0 Å². The van der Waals surface area contributed by atoms with Crippen molar-refractivity contribution < 1.29 is 9.84 Å². The van der Waals surface area contributed by atoms with Crippen LogP contribution in [0.15, 0.2) is 0 Å². The monoisotopic (exact) mass is 230 g/mol. The van der Waals surface area contributed by atoms with Crippen molar-refractivity contribution in [3.8, 4) is 0 Å². The van der Waals surface area contributed by atoms with Crippen LogP contribution >= 0.6 is 0 Å². The Balaban J connectivity index is 2.83. The van der Waals surface area contributed by atoms with Gasteiger partial charge < -0.3 is 9.84 Å². The van der Waals surface area contributed by atoms with E-state index in [0.717, 1.165) is 19.6 Å². The minimum Gasteiger partial charge on any atom is -0.396 e. The Morgan fingerprint density at radius 2 is 1.19 bits per heavy atom. The van der Waals surface area contributed by atoms with Crippen molar-refractivity contribution in [1.82, 2.24) is 0 Å². The average molecular weight is 230 g/mol. The molecular formula is C14H30O2. The number of ether oxygens (including phenoxy) is 1. The summed E-state index contributed by atoms with van der Waals surface area (Å²) in [7, 11) is 0. The van der Waals surface area contributed by atoms with E-state index >= 15 is 0 Å². The molecule has 0 amide bonds. The van der Waals surface area contributed by atoms with Crippen LogP contribution in [0.25, 0.3) is 0 Å². The van der Waals surface area contributed by atoms with E-state index in [1.807, 2.05) is 0 Å². The SMILES string of the molecule is CCCCOCCCCCCCCCCO. The van der Waals surface area contributed by atoms with Crippen molar-refractivity contribution in [3.05, 3.63) is 0 Å². The predicted molar refractivity (Wildman–Crippen MR) is 69.7 cm³/mol. The van der Waals surface area contributed by atoms with Crippen molar-refractivity contribution in [2.75, 3.05) is 19.8 Å². The molecule has 0 spiro atoms. The molecule has 0 unspecified atom stereocenters. The molecule has 0 heterocycles. The number of unbranched alkanes of at least 4 members (excludes halogenated alkanes) is 8. The van der Waals surface area contributed by atoms with Crippen LogP contribution in [0.1, 0.15) is 71.1 Å². The maximum Gasteiger partial charge on any atom is 0.0466 e. The van der Waals surface area contributed by atoms with Gasteiger partial charge in [-0.15, -0.1) is 0 Å². The Kier molecular flexibility index (Phi) is 14.8. The first-order valence-corrected chi connectivity index (χ1v) is 7.10. The molecule has 16 heavy (non-hydrogen) atoms. The lowest BCUT2D eigenvalue weighted by atomic mass is 10.1. The lowest BCUT2D eigenvalue weighted by Gasteiger charge is -2.03. The maximum atomic E-state index is 8.61. The molecule has 2 nitrogen and oxygen atoms in total. The fourth-order valence-corrected chi connectivity index (χ4v) is 1.73. The van der Waals surface area contributed by atoms with Crippen molar-refractivity contribution in [1.29, 1.82) is 0 Å². The number of aliphatic hydroxyl groups is 1. The quantitative estimate of drug-likeness (QED) is 0.486. The van der Waals surface area contributed by atoms with Gasteiger partial charge in [-0.25, -0.2) is 0 Å². The summed E-state index contributed by atoms with van der Waals surface area (Å²) in [5, 5.41) is 8.61. The van der Waals surface area contributed by atoms with Gasteiger partial charge in [-0.2, -0.15) is 0 Å². The Labute approximate surface area is 101 Å². The minimum atomic E-state index is 0.356. The summed E-state index contributed by atoms with van der Waals surface area (Å²) < 4.78 is 5.51. The molecule has 0 aromatic heterocycles. The lowest BCUT2D eigenvalue weighted by Crippen LogP contribution is -1.96.